The van der Waals surface area contributed by atoms with Crippen LogP contribution in [0.5, 0.6) is 5.75 Å². The van der Waals surface area contributed by atoms with Gasteiger partial charge in [-0.15, -0.1) is 0 Å². The van der Waals surface area contributed by atoms with Crippen molar-refractivity contribution in [1.29, 1.82) is 0 Å². The Bertz CT molecular complexity index is 478. The molecular formula is C16H24BrNO. The zero-order valence-corrected chi connectivity index (χ0v) is 13.9. The van der Waals surface area contributed by atoms with Crippen LogP contribution in [-0.2, 0) is 0 Å². The first kappa shape index (κ1) is 14.9. The fraction of sp³-hybridized carbons (Fsp3) is 0.625. The van der Waals surface area contributed by atoms with E-state index >= 15 is 0 Å². The Kier molecular flexibility index (Phi) is 4.26. The lowest BCUT2D eigenvalue weighted by atomic mass is 9.76. The van der Waals surface area contributed by atoms with Crippen LogP contribution in [0.2, 0.25) is 0 Å². The molecule has 0 radical (unpaired) electrons. The molecule has 2 nitrogen and oxygen atoms in total. The largest absolute Gasteiger partial charge is 0.496 e. The average molecular weight is 326 g/mol. The average Bonchev–Trinajstić information content (AvgIpc) is 2.81. The molecular weight excluding hydrogens is 302 g/mol. The van der Waals surface area contributed by atoms with Crippen LogP contribution in [0.1, 0.15) is 55.3 Å². The Morgan fingerprint density at radius 3 is 2.42 bits per heavy atom. The summed E-state index contributed by atoms with van der Waals surface area (Å²) in [5.74, 6) is 0.960. The van der Waals surface area contributed by atoms with Gasteiger partial charge in [0.1, 0.15) is 5.75 Å². The Morgan fingerprint density at radius 1 is 1.32 bits per heavy atom. The highest BCUT2D eigenvalue weighted by atomic mass is 79.9. The minimum absolute atomic E-state index is 0.0427. The van der Waals surface area contributed by atoms with Gasteiger partial charge >= 0.3 is 0 Å². The SMILES string of the molecule is COc1c(C)cc(Br)c(C)c1C(N)C1(C)CCCC1. The molecule has 0 spiro atoms. The van der Waals surface area contributed by atoms with Crippen molar-refractivity contribution in [1.82, 2.24) is 0 Å². The number of methoxy groups -OCH3 is 1. The van der Waals surface area contributed by atoms with Crippen LogP contribution in [-0.4, -0.2) is 7.11 Å². The highest BCUT2D eigenvalue weighted by Crippen LogP contribution is 2.49. The Labute approximate surface area is 124 Å². The van der Waals surface area contributed by atoms with Crippen molar-refractivity contribution in [2.45, 2.75) is 52.5 Å². The fourth-order valence-electron chi connectivity index (χ4n) is 3.36. The summed E-state index contributed by atoms with van der Waals surface area (Å²) < 4.78 is 6.76. The first-order valence-corrected chi connectivity index (χ1v) is 7.79. The predicted molar refractivity (Wildman–Crippen MR) is 83.7 cm³/mol. The number of hydrogen-bond donors (Lipinski definition) is 1. The van der Waals surface area contributed by atoms with Gasteiger partial charge in [0.05, 0.1) is 7.11 Å². The van der Waals surface area contributed by atoms with Crippen molar-refractivity contribution in [2.75, 3.05) is 7.11 Å². The van der Waals surface area contributed by atoms with E-state index in [1.807, 2.05) is 0 Å². The highest BCUT2D eigenvalue weighted by molar-refractivity contribution is 9.10. The lowest BCUT2D eigenvalue weighted by Gasteiger charge is -2.34. The molecule has 0 heterocycles. The molecule has 0 bridgehead atoms. The van der Waals surface area contributed by atoms with Crippen molar-refractivity contribution in [3.8, 4) is 5.75 Å². The third-order valence-corrected chi connectivity index (χ3v) is 5.54. The molecule has 1 fully saturated rings. The van der Waals surface area contributed by atoms with Crippen LogP contribution in [0.4, 0.5) is 0 Å². The van der Waals surface area contributed by atoms with E-state index in [2.05, 4.69) is 42.8 Å². The number of benzene rings is 1. The number of hydrogen-bond acceptors (Lipinski definition) is 2. The number of ether oxygens (including phenoxy) is 1. The molecule has 1 aromatic carbocycles. The summed E-state index contributed by atoms with van der Waals surface area (Å²) in [5, 5.41) is 0. The van der Waals surface area contributed by atoms with Gasteiger partial charge in [-0.25, -0.2) is 0 Å². The van der Waals surface area contributed by atoms with E-state index < -0.39 is 0 Å². The Balaban J connectivity index is 2.54. The predicted octanol–water partition coefficient (Wildman–Crippen LogP) is 4.65. The summed E-state index contributed by atoms with van der Waals surface area (Å²) >= 11 is 3.64. The Morgan fingerprint density at radius 2 is 1.89 bits per heavy atom. The van der Waals surface area contributed by atoms with Crippen molar-refractivity contribution in [3.05, 3.63) is 27.2 Å². The molecule has 2 N–H and O–H groups in total. The first-order valence-electron chi connectivity index (χ1n) is 7.00. The van der Waals surface area contributed by atoms with Crippen LogP contribution < -0.4 is 10.5 Å². The Hall–Kier alpha value is -0.540. The van der Waals surface area contributed by atoms with Gasteiger partial charge in [0, 0.05) is 16.1 Å². The monoisotopic (exact) mass is 325 g/mol. The van der Waals surface area contributed by atoms with Crippen molar-refractivity contribution < 1.29 is 4.74 Å². The molecule has 2 rings (SSSR count). The van der Waals surface area contributed by atoms with Crippen molar-refractivity contribution >= 4 is 15.9 Å². The third kappa shape index (κ3) is 2.55. The van der Waals surface area contributed by atoms with Crippen LogP contribution >= 0.6 is 15.9 Å². The molecule has 19 heavy (non-hydrogen) atoms. The van der Waals surface area contributed by atoms with E-state index in [4.69, 9.17) is 10.5 Å². The zero-order chi connectivity index (χ0) is 14.2. The second-order valence-electron chi connectivity index (χ2n) is 6.09. The summed E-state index contributed by atoms with van der Waals surface area (Å²) in [7, 11) is 1.74. The maximum atomic E-state index is 6.65. The van der Waals surface area contributed by atoms with Gasteiger partial charge in [0.25, 0.3) is 0 Å². The molecule has 1 unspecified atom stereocenters. The smallest absolute Gasteiger partial charge is 0.126 e. The molecule has 1 atom stereocenters. The van der Waals surface area contributed by atoms with Gasteiger partial charge in [-0.3, -0.25) is 0 Å². The van der Waals surface area contributed by atoms with Crippen molar-refractivity contribution in [3.63, 3.8) is 0 Å². The second kappa shape index (κ2) is 5.45. The molecule has 0 aromatic heterocycles. The summed E-state index contributed by atoms with van der Waals surface area (Å²) in [6, 6.07) is 2.16. The maximum Gasteiger partial charge on any atom is 0.126 e. The van der Waals surface area contributed by atoms with Gasteiger partial charge in [0.15, 0.2) is 0 Å². The number of halogens is 1. The van der Waals surface area contributed by atoms with E-state index in [0.717, 1.165) is 15.8 Å². The van der Waals surface area contributed by atoms with Crippen LogP contribution in [0.15, 0.2) is 10.5 Å². The third-order valence-electron chi connectivity index (χ3n) is 4.72. The summed E-state index contributed by atoms with van der Waals surface area (Å²) in [6.07, 6.45) is 5.00. The molecule has 1 aliphatic rings. The van der Waals surface area contributed by atoms with Gasteiger partial charge in [0.2, 0.25) is 0 Å². The summed E-state index contributed by atoms with van der Waals surface area (Å²) in [6.45, 7) is 6.52. The molecule has 0 saturated heterocycles. The lowest BCUT2D eigenvalue weighted by molar-refractivity contribution is 0.258. The van der Waals surface area contributed by atoms with Crippen LogP contribution in [0.25, 0.3) is 0 Å². The van der Waals surface area contributed by atoms with Gasteiger partial charge in [-0.2, -0.15) is 0 Å². The van der Waals surface area contributed by atoms with Gasteiger partial charge in [-0.05, 0) is 49.3 Å². The fourth-order valence-corrected chi connectivity index (χ4v) is 3.92. The van der Waals surface area contributed by atoms with Crippen LogP contribution in [0.3, 0.4) is 0 Å². The minimum Gasteiger partial charge on any atom is -0.496 e. The molecule has 1 aliphatic carbocycles. The number of aryl methyl sites for hydroxylation is 1. The standard InChI is InChI=1S/C16H24BrNO/c1-10-9-12(17)11(2)13(14(10)19-4)15(18)16(3)7-5-6-8-16/h9,15H,5-8,18H2,1-4H3. The van der Waals surface area contributed by atoms with Crippen LogP contribution in [0, 0.1) is 19.3 Å². The summed E-state index contributed by atoms with van der Waals surface area (Å²) in [4.78, 5) is 0. The highest BCUT2D eigenvalue weighted by Gasteiger charge is 2.38. The summed E-state index contributed by atoms with van der Waals surface area (Å²) in [5.41, 5.74) is 10.4. The lowest BCUT2D eigenvalue weighted by Crippen LogP contribution is -2.30. The molecule has 1 aromatic rings. The second-order valence-corrected chi connectivity index (χ2v) is 6.94. The van der Waals surface area contributed by atoms with E-state index in [0.29, 0.717) is 0 Å². The first-order chi connectivity index (χ1) is 8.90. The zero-order valence-electron chi connectivity index (χ0n) is 12.3. The minimum atomic E-state index is 0.0427. The molecule has 0 aliphatic heterocycles. The quantitative estimate of drug-likeness (QED) is 0.877. The van der Waals surface area contributed by atoms with Gasteiger partial charge < -0.3 is 10.5 Å². The van der Waals surface area contributed by atoms with E-state index in [1.165, 1.54) is 36.8 Å². The van der Waals surface area contributed by atoms with E-state index in [-0.39, 0.29) is 11.5 Å². The number of nitrogens with two attached hydrogens (primary N) is 1. The molecule has 1 saturated carbocycles. The maximum absolute atomic E-state index is 6.65. The normalized spacial score (nSPS) is 19.5. The topological polar surface area (TPSA) is 35.2 Å². The molecule has 3 heteroatoms. The van der Waals surface area contributed by atoms with E-state index in [1.54, 1.807) is 7.11 Å². The molecule has 0 amide bonds. The number of rotatable bonds is 3. The van der Waals surface area contributed by atoms with Gasteiger partial charge in [-0.1, -0.05) is 35.7 Å². The molecule has 106 valence electrons. The van der Waals surface area contributed by atoms with E-state index in [9.17, 15) is 0 Å². The van der Waals surface area contributed by atoms with Crippen molar-refractivity contribution in [2.24, 2.45) is 11.1 Å².